The fraction of sp³-hybridized carbons (Fsp3) is 0.0909. The van der Waals surface area contributed by atoms with Gasteiger partial charge in [0.25, 0.3) is 0 Å². The summed E-state index contributed by atoms with van der Waals surface area (Å²) in [6.45, 7) is 0.318. The number of nitrogens with zero attached hydrogens (tertiary/aromatic N) is 1. The number of carboxylic acid groups (broad SMARTS) is 1. The molecule has 0 aliphatic heterocycles. The number of hydrogen-bond donors (Lipinski definition) is 3. The van der Waals surface area contributed by atoms with Crippen LogP contribution in [0.15, 0.2) is 72.8 Å². The van der Waals surface area contributed by atoms with Crippen LogP contribution in [0, 0.1) is 0 Å². The molecule has 0 saturated heterocycles. The Kier molecular flexibility index (Phi) is 4.93. The summed E-state index contributed by atoms with van der Waals surface area (Å²) in [5.74, 6) is 0.405. The second-order valence-corrected chi connectivity index (χ2v) is 6.36. The lowest BCUT2D eigenvalue weighted by atomic mass is 10.2. The highest BCUT2D eigenvalue weighted by molar-refractivity contribution is 5.79. The monoisotopic (exact) mass is 373 g/mol. The van der Waals surface area contributed by atoms with Crippen molar-refractivity contribution in [1.82, 2.24) is 9.97 Å². The van der Waals surface area contributed by atoms with Gasteiger partial charge in [0.05, 0.1) is 11.0 Å². The molecule has 6 heteroatoms. The molecule has 0 radical (unpaired) electrons. The normalized spacial score (nSPS) is 10.7. The summed E-state index contributed by atoms with van der Waals surface area (Å²) in [5.41, 5.74) is 5.09. The molecule has 1 aromatic heterocycles. The molecule has 0 spiro atoms. The fourth-order valence-electron chi connectivity index (χ4n) is 2.89. The van der Waals surface area contributed by atoms with E-state index in [-0.39, 0.29) is 6.61 Å². The Morgan fingerprint density at radius 2 is 1.75 bits per heavy atom. The molecule has 4 aromatic rings. The maximum absolute atomic E-state index is 10.5. The van der Waals surface area contributed by atoms with Gasteiger partial charge in [0, 0.05) is 17.8 Å². The highest BCUT2D eigenvalue weighted by Crippen LogP contribution is 2.22. The minimum atomic E-state index is -0.989. The number of aliphatic carboxylic acids is 1. The minimum Gasteiger partial charge on any atom is -0.482 e. The molecule has 0 bridgehead atoms. The summed E-state index contributed by atoms with van der Waals surface area (Å²) in [5, 5.41) is 12.0. The van der Waals surface area contributed by atoms with E-state index in [0.29, 0.717) is 12.3 Å². The zero-order chi connectivity index (χ0) is 19.3. The van der Waals surface area contributed by atoms with Gasteiger partial charge in [-0.1, -0.05) is 24.3 Å². The summed E-state index contributed by atoms with van der Waals surface area (Å²) in [6.07, 6.45) is 0. The molecule has 3 aromatic carbocycles. The van der Waals surface area contributed by atoms with E-state index in [4.69, 9.17) is 9.84 Å². The topological polar surface area (TPSA) is 87.2 Å². The van der Waals surface area contributed by atoms with Crippen LogP contribution in [0.3, 0.4) is 0 Å². The number of benzene rings is 3. The first kappa shape index (κ1) is 17.6. The van der Waals surface area contributed by atoms with E-state index in [1.165, 1.54) is 0 Å². The van der Waals surface area contributed by atoms with Crippen molar-refractivity contribution in [2.24, 2.45) is 0 Å². The second-order valence-electron chi connectivity index (χ2n) is 6.36. The van der Waals surface area contributed by atoms with Gasteiger partial charge in [0.1, 0.15) is 11.6 Å². The smallest absolute Gasteiger partial charge is 0.341 e. The number of aromatic nitrogens is 2. The van der Waals surface area contributed by atoms with Crippen molar-refractivity contribution in [3.63, 3.8) is 0 Å². The van der Waals surface area contributed by atoms with Crippen LogP contribution < -0.4 is 10.1 Å². The number of carbonyl (C=O) groups is 1. The van der Waals surface area contributed by atoms with Gasteiger partial charge >= 0.3 is 5.97 Å². The molecular weight excluding hydrogens is 354 g/mol. The van der Waals surface area contributed by atoms with Crippen molar-refractivity contribution >= 4 is 22.7 Å². The molecule has 4 rings (SSSR count). The molecule has 0 saturated carbocycles. The van der Waals surface area contributed by atoms with Crippen molar-refractivity contribution in [2.75, 3.05) is 11.9 Å². The number of para-hydroxylation sites is 2. The molecule has 0 atom stereocenters. The number of hydrogen-bond acceptors (Lipinski definition) is 4. The standard InChI is InChI=1S/C22H19N3O3/c26-21(27)14-28-18-11-5-15(6-12-18)13-23-17-9-7-16(8-10-17)22-24-19-3-1-2-4-20(19)25-22/h1-12,23H,13-14H2,(H,24,25)(H,26,27). The number of ether oxygens (including phenoxy) is 1. The maximum atomic E-state index is 10.5. The Labute approximate surface area is 161 Å². The third-order valence-corrected chi connectivity index (χ3v) is 4.33. The fourth-order valence-corrected chi connectivity index (χ4v) is 2.89. The third kappa shape index (κ3) is 4.12. The molecule has 1 heterocycles. The predicted octanol–water partition coefficient (Wildman–Crippen LogP) is 4.31. The summed E-state index contributed by atoms with van der Waals surface area (Å²) < 4.78 is 5.13. The zero-order valence-electron chi connectivity index (χ0n) is 15.1. The largest absolute Gasteiger partial charge is 0.482 e. The number of H-pyrrole nitrogens is 1. The van der Waals surface area contributed by atoms with E-state index in [1.807, 2.05) is 60.7 Å². The van der Waals surface area contributed by atoms with E-state index in [1.54, 1.807) is 12.1 Å². The molecule has 0 amide bonds. The zero-order valence-corrected chi connectivity index (χ0v) is 15.1. The molecule has 28 heavy (non-hydrogen) atoms. The highest BCUT2D eigenvalue weighted by atomic mass is 16.5. The van der Waals surface area contributed by atoms with Crippen molar-refractivity contribution in [2.45, 2.75) is 6.54 Å². The first-order valence-corrected chi connectivity index (χ1v) is 8.90. The Morgan fingerprint density at radius 1 is 1.00 bits per heavy atom. The summed E-state index contributed by atoms with van der Waals surface area (Å²) in [6, 6.07) is 23.4. The molecular formula is C22H19N3O3. The average molecular weight is 373 g/mol. The Hall–Kier alpha value is -3.80. The third-order valence-electron chi connectivity index (χ3n) is 4.33. The van der Waals surface area contributed by atoms with Gasteiger partial charge in [-0.3, -0.25) is 0 Å². The van der Waals surface area contributed by atoms with Gasteiger partial charge in [0.2, 0.25) is 0 Å². The highest BCUT2D eigenvalue weighted by Gasteiger charge is 2.05. The number of anilines is 1. The first-order valence-electron chi connectivity index (χ1n) is 8.90. The van der Waals surface area contributed by atoms with Crippen LogP contribution in [0.5, 0.6) is 5.75 Å². The van der Waals surface area contributed by atoms with Crippen LogP contribution >= 0.6 is 0 Å². The van der Waals surface area contributed by atoms with Gasteiger partial charge in [0.15, 0.2) is 6.61 Å². The molecule has 0 fully saturated rings. The van der Waals surface area contributed by atoms with Crippen LogP contribution in [0.1, 0.15) is 5.56 Å². The van der Waals surface area contributed by atoms with E-state index in [0.717, 1.165) is 33.7 Å². The summed E-state index contributed by atoms with van der Waals surface area (Å²) in [4.78, 5) is 18.5. The lowest BCUT2D eigenvalue weighted by molar-refractivity contribution is -0.139. The minimum absolute atomic E-state index is 0.338. The number of carboxylic acids is 1. The van der Waals surface area contributed by atoms with E-state index in [9.17, 15) is 4.79 Å². The SMILES string of the molecule is O=C(O)COc1ccc(CNc2ccc(-c3nc4ccccc4[nH]3)cc2)cc1. The quantitative estimate of drug-likeness (QED) is 0.449. The van der Waals surface area contributed by atoms with Crippen LogP contribution in [0.4, 0.5) is 5.69 Å². The van der Waals surface area contributed by atoms with Crippen LogP contribution in [0.2, 0.25) is 0 Å². The Morgan fingerprint density at radius 3 is 2.46 bits per heavy atom. The molecule has 140 valence electrons. The van der Waals surface area contributed by atoms with Crippen molar-refractivity contribution in [3.05, 3.63) is 78.4 Å². The van der Waals surface area contributed by atoms with Crippen molar-refractivity contribution < 1.29 is 14.6 Å². The van der Waals surface area contributed by atoms with Gasteiger partial charge in [-0.2, -0.15) is 0 Å². The van der Waals surface area contributed by atoms with Crippen molar-refractivity contribution in [3.8, 4) is 17.1 Å². The maximum Gasteiger partial charge on any atom is 0.341 e. The predicted molar refractivity (Wildman–Crippen MR) is 108 cm³/mol. The van der Waals surface area contributed by atoms with Crippen LogP contribution in [0.25, 0.3) is 22.4 Å². The molecule has 0 aliphatic rings. The van der Waals surface area contributed by atoms with Gasteiger partial charge in [-0.25, -0.2) is 9.78 Å². The number of nitrogens with one attached hydrogen (secondary N) is 2. The summed E-state index contributed by atoms with van der Waals surface area (Å²) >= 11 is 0. The van der Waals surface area contributed by atoms with Crippen LogP contribution in [-0.4, -0.2) is 27.7 Å². The molecule has 6 nitrogen and oxygen atoms in total. The first-order chi connectivity index (χ1) is 13.7. The van der Waals surface area contributed by atoms with Crippen molar-refractivity contribution in [1.29, 1.82) is 0 Å². The van der Waals surface area contributed by atoms with Gasteiger partial charge in [-0.15, -0.1) is 0 Å². The average Bonchev–Trinajstić information content (AvgIpc) is 3.16. The lowest BCUT2D eigenvalue weighted by Gasteiger charge is -2.08. The van der Waals surface area contributed by atoms with E-state index in [2.05, 4.69) is 15.3 Å². The van der Waals surface area contributed by atoms with Gasteiger partial charge < -0.3 is 20.1 Å². The Balaban J connectivity index is 1.37. The van der Waals surface area contributed by atoms with Crippen LogP contribution in [-0.2, 0) is 11.3 Å². The summed E-state index contributed by atoms with van der Waals surface area (Å²) in [7, 11) is 0. The van der Waals surface area contributed by atoms with E-state index >= 15 is 0 Å². The number of aromatic amines is 1. The molecule has 0 unspecified atom stereocenters. The number of imidazole rings is 1. The molecule has 0 aliphatic carbocycles. The number of fused-ring (bicyclic) bond motifs is 1. The number of rotatable bonds is 7. The second kappa shape index (κ2) is 7.84. The lowest BCUT2D eigenvalue weighted by Crippen LogP contribution is -2.09. The molecule has 3 N–H and O–H groups in total. The van der Waals surface area contributed by atoms with E-state index < -0.39 is 5.97 Å². The van der Waals surface area contributed by atoms with Gasteiger partial charge in [-0.05, 0) is 54.1 Å². The Bertz CT molecular complexity index is 1050.